The van der Waals surface area contributed by atoms with Gasteiger partial charge < -0.3 is 15.5 Å². The van der Waals surface area contributed by atoms with Gasteiger partial charge in [0.2, 0.25) is 0 Å². The maximum atomic E-state index is 14.2. The molecule has 1 heterocycles. The minimum atomic E-state index is -0.740. The van der Waals surface area contributed by atoms with Crippen molar-refractivity contribution >= 4 is 11.8 Å². The van der Waals surface area contributed by atoms with E-state index in [1.807, 2.05) is 0 Å². The number of benzene rings is 1. The van der Waals surface area contributed by atoms with E-state index in [0.29, 0.717) is 5.56 Å². The van der Waals surface area contributed by atoms with Crippen molar-refractivity contribution in [3.8, 4) is 0 Å². The number of hydrogen-bond donors (Lipinski definition) is 2. The van der Waals surface area contributed by atoms with Crippen LogP contribution in [0.15, 0.2) is 41.0 Å². The first-order chi connectivity index (χ1) is 11.6. The highest BCUT2D eigenvalue weighted by molar-refractivity contribution is 5.98. The van der Waals surface area contributed by atoms with Crippen LogP contribution in [0.4, 0.5) is 4.39 Å². The Hall–Kier alpha value is -2.63. The zero-order chi connectivity index (χ0) is 17.1. The number of nitrogens with two attached hydrogens (primary N) is 1. The molecule has 1 aromatic heterocycles. The molecule has 0 radical (unpaired) electrons. The van der Waals surface area contributed by atoms with Gasteiger partial charge in [-0.3, -0.25) is 9.59 Å². The molecule has 1 aliphatic rings. The molecule has 6 heteroatoms. The number of halogens is 1. The second-order valence-corrected chi connectivity index (χ2v) is 6.08. The molecule has 1 saturated carbocycles. The van der Waals surface area contributed by atoms with Gasteiger partial charge in [0.05, 0.1) is 11.6 Å². The van der Waals surface area contributed by atoms with E-state index >= 15 is 0 Å². The number of nitrogens with one attached hydrogen (secondary N) is 1. The summed E-state index contributed by atoms with van der Waals surface area (Å²) in [6, 6.07) is 7.37. The van der Waals surface area contributed by atoms with Crippen LogP contribution in [0.3, 0.4) is 0 Å². The lowest BCUT2D eigenvalue weighted by atomic mass is 9.91. The molecule has 1 atom stereocenters. The summed E-state index contributed by atoms with van der Waals surface area (Å²) in [6.45, 7) is 0. The molecule has 3 rings (SSSR count). The second-order valence-electron chi connectivity index (χ2n) is 6.08. The predicted octanol–water partition coefficient (Wildman–Crippen LogP) is 3.18. The molecular weight excluding hydrogens is 311 g/mol. The van der Waals surface area contributed by atoms with Crippen molar-refractivity contribution in [2.75, 3.05) is 0 Å². The van der Waals surface area contributed by atoms with Gasteiger partial charge in [-0.15, -0.1) is 0 Å². The summed E-state index contributed by atoms with van der Waals surface area (Å²) in [4.78, 5) is 23.6. The van der Waals surface area contributed by atoms with Gasteiger partial charge in [-0.25, -0.2) is 4.39 Å². The van der Waals surface area contributed by atoms with Crippen LogP contribution in [0.1, 0.15) is 58.2 Å². The first-order valence-electron chi connectivity index (χ1n) is 8.00. The topological polar surface area (TPSA) is 85.3 Å². The highest BCUT2D eigenvalue weighted by Crippen LogP contribution is 2.36. The Morgan fingerprint density at radius 3 is 2.58 bits per heavy atom. The van der Waals surface area contributed by atoms with Crippen molar-refractivity contribution in [3.63, 3.8) is 0 Å². The standard InChI is InChI=1S/C18H19FN2O3/c19-14-8-4-3-7-13(14)16(11-5-1-2-6-11)21-18(23)12-9-15(17(20)22)24-10-12/h3-4,7-11,16H,1-2,5-6H2,(H2,20,22)(H,21,23). The fourth-order valence-corrected chi connectivity index (χ4v) is 3.28. The quantitative estimate of drug-likeness (QED) is 0.883. The lowest BCUT2D eigenvalue weighted by Gasteiger charge is -2.25. The number of rotatable bonds is 5. The lowest BCUT2D eigenvalue weighted by molar-refractivity contribution is 0.0919. The van der Waals surface area contributed by atoms with Crippen LogP contribution in [0.5, 0.6) is 0 Å². The van der Waals surface area contributed by atoms with Gasteiger partial charge >= 0.3 is 0 Å². The normalized spacial score (nSPS) is 16.0. The second kappa shape index (κ2) is 6.86. The average molecular weight is 330 g/mol. The highest BCUT2D eigenvalue weighted by Gasteiger charge is 2.30. The Bertz CT molecular complexity index is 750. The van der Waals surface area contributed by atoms with Crippen molar-refractivity contribution in [3.05, 3.63) is 59.3 Å². The van der Waals surface area contributed by atoms with Gasteiger partial charge in [0, 0.05) is 11.6 Å². The third kappa shape index (κ3) is 3.32. The van der Waals surface area contributed by atoms with Crippen LogP contribution >= 0.6 is 0 Å². The predicted molar refractivity (Wildman–Crippen MR) is 85.8 cm³/mol. The van der Waals surface area contributed by atoms with Gasteiger partial charge in [-0.05, 0) is 24.8 Å². The molecule has 5 nitrogen and oxygen atoms in total. The zero-order valence-electron chi connectivity index (χ0n) is 13.1. The molecule has 0 aliphatic heterocycles. The number of hydrogen-bond acceptors (Lipinski definition) is 3. The summed E-state index contributed by atoms with van der Waals surface area (Å²) in [5.74, 6) is -1.38. The van der Waals surface area contributed by atoms with Crippen LogP contribution in [-0.4, -0.2) is 11.8 Å². The van der Waals surface area contributed by atoms with Crippen LogP contribution in [0.2, 0.25) is 0 Å². The number of amides is 2. The molecular formula is C18H19FN2O3. The van der Waals surface area contributed by atoms with Gasteiger partial charge in [0.25, 0.3) is 11.8 Å². The molecule has 2 aromatic rings. The Morgan fingerprint density at radius 1 is 1.25 bits per heavy atom. The van der Waals surface area contributed by atoms with Gasteiger partial charge in [0.15, 0.2) is 5.76 Å². The molecule has 0 spiro atoms. The van der Waals surface area contributed by atoms with Crippen molar-refractivity contribution in [1.82, 2.24) is 5.32 Å². The minimum Gasteiger partial charge on any atom is -0.458 e. The first-order valence-corrected chi connectivity index (χ1v) is 8.00. The molecule has 2 amide bonds. The number of furan rings is 1. The molecule has 126 valence electrons. The highest BCUT2D eigenvalue weighted by atomic mass is 19.1. The van der Waals surface area contributed by atoms with Crippen LogP contribution < -0.4 is 11.1 Å². The Labute approximate surface area is 139 Å². The maximum absolute atomic E-state index is 14.2. The molecule has 0 bridgehead atoms. The lowest BCUT2D eigenvalue weighted by Crippen LogP contribution is -2.33. The van der Waals surface area contributed by atoms with Crippen molar-refractivity contribution < 1.29 is 18.4 Å². The molecule has 1 fully saturated rings. The fraction of sp³-hybridized carbons (Fsp3) is 0.333. The molecule has 0 saturated heterocycles. The third-order valence-electron chi connectivity index (χ3n) is 4.50. The fourth-order valence-electron chi connectivity index (χ4n) is 3.28. The monoisotopic (exact) mass is 330 g/mol. The van der Waals surface area contributed by atoms with Crippen LogP contribution in [-0.2, 0) is 0 Å². The molecule has 1 aliphatic carbocycles. The summed E-state index contributed by atoms with van der Waals surface area (Å²) < 4.78 is 19.2. The van der Waals surface area contributed by atoms with E-state index in [1.54, 1.807) is 18.2 Å². The summed E-state index contributed by atoms with van der Waals surface area (Å²) in [5.41, 5.74) is 5.81. The largest absolute Gasteiger partial charge is 0.458 e. The number of carbonyl (C=O) groups is 2. The third-order valence-corrected chi connectivity index (χ3v) is 4.50. The molecule has 1 aromatic carbocycles. The van der Waals surface area contributed by atoms with E-state index in [0.717, 1.165) is 25.7 Å². The van der Waals surface area contributed by atoms with E-state index in [1.165, 1.54) is 18.4 Å². The molecule has 24 heavy (non-hydrogen) atoms. The Morgan fingerprint density at radius 2 is 1.96 bits per heavy atom. The van der Waals surface area contributed by atoms with Gasteiger partial charge in [0.1, 0.15) is 12.1 Å². The van der Waals surface area contributed by atoms with Crippen molar-refractivity contribution in [2.24, 2.45) is 11.7 Å². The Balaban J connectivity index is 1.84. The summed E-state index contributed by atoms with van der Waals surface area (Å²) in [7, 11) is 0. The van der Waals surface area contributed by atoms with E-state index in [9.17, 15) is 14.0 Å². The smallest absolute Gasteiger partial charge is 0.284 e. The van der Waals surface area contributed by atoms with Crippen LogP contribution in [0.25, 0.3) is 0 Å². The van der Waals surface area contributed by atoms with Gasteiger partial charge in [-0.1, -0.05) is 31.0 Å². The summed E-state index contributed by atoms with van der Waals surface area (Å²) >= 11 is 0. The van der Waals surface area contributed by atoms with E-state index in [2.05, 4.69) is 5.32 Å². The van der Waals surface area contributed by atoms with Crippen molar-refractivity contribution in [1.29, 1.82) is 0 Å². The molecule has 1 unspecified atom stereocenters. The van der Waals surface area contributed by atoms with E-state index in [-0.39, 0.29) is 23.1 Å². The maximum Gasteiger partial charge on any atom is 0.284 e. The number of carbonyl (C=O) groups excluding carboxylic acids is 2. The van der Waals surface area contributed by atoms with Crippen LogP contribution in [0, 0.1) is 11.7 Å². The Kier molecular flexibility index (Phi) is 4.64. The molecule has 3 N–H and O–H groups in total. The van der Waals surface area contributed by atoms with E-state index < -0.39 is 17.9 Å². The SMILES string of the molecule is NC(=O)c1cc(C(=O)NC(c2ccccc2F)C2CCCC2)co1. The first kappa shape index (κ1) is 16.2. The zero-order valence-corrected chi connectivity index (χ0v) is 13.1. The number of primary amides is 1. The van der Waals surface area contributed by atoms with E-state index in [4.69, 9.17) is 10.2 Å². The minimum absolute atomic E-state index is 0.0801. The van der Waals surface area contributed by atoms with Gasteiger partial charge in [-0.2, -0.15) is 0 Å². The average Bonchev–Trinajstić information content (AvgIpc) is 3.25. The summed E-state index contributed by atoms with van der Waals surface area (Å²) in [5, 5.41) is 2.89. The summed E-state index contributed by atoms with van der Waals surface area (Å²) in [6.07, 6.45) is 5.21. The van der Waals surface area contributed by atoms with Crippen molar-refractivity contribution in [2.45, 2.75) is 31.7 Å².